The lowest BCUT2D eigenvalue weighted by atomic mass is 10.1. The van der Waals surface area contributed by atoms with Crippen LogP contribution in [0, 0.1) is 19.7 Å². The van der Waals surface area contributed by atoms with Crippen molar-refractivity contribution in [2.75, 3.05) is 0 Å². The summed E-state index contributed by atoms with van der Waals surface area (Å²) in [5, 5.41) is 0. The van der Waals surface area contributed by atoms with Crippen LogP contribution in [0.15, 0.2) is 36.4 Å². The topological polar surface area (TPSA) is 35.2 Å². The van der Waals surface area contributed by atoms with Crippen molar-refractivity contribution in [1.82, 2.24) is 0 Å². The Morgan fingerprint density at radius 3 is 2.26 bits per heavy atom. The summed E-state index contributed by atoms with van der Waals surface area (Å²) in [7, 11) is 0. The SMILES string of the molecule is Cc1ccc(F)c(Oc2cc(C)ccc2C(N)=S)c1. The first-order chi connectivity index (χ1) is 8.97. The van der Waals surface area contributed by atoms with E-state index >= 15 is 0 Å². The van der Waals surface area contributed by atoms with Gasteiger partial charge in [0, 0.05) is 0 Å². The van der Waals surface area contributed by atoms with Crippen molar-refractivity contribution in [3.8, 4) is 11.5 Å². The van der Waals surface area contributed by atoms with Gasteiger partial charge < -0.3 is 10.5 Å². The lowest BCUT2D eigenvalue weighted by Crippen LogP contribution is -2.11. The number of ether oxygens (including phenoxy) is 1. The molecule has 0 atom stereocenters. The Hall–Kier alpha value is -1.94. The van der Waals surface area contributed by atoms with Gasteiger partial charge in [-0.15, -0.1) is 0 Å². The molecule has 0 fully saturated rings. The molecule has 0 aromatic heterocycles. The highest BCUT2D eigenvalue weighted by Gasteiger charge is 2.11. The van der Waals surface area contributed by atoms with Crippen molar-refractivity contribution >= 4 is 17.2 Å². The molecule has 2 N–H and O–H groups in total. The number of nitrogens with two attached hydrogens (primary N) is 1. The van der Waals surface area contributed by atoms with Crippen LogP contribution in [0.2, 0.25) is 0 Å². The molecule has 0 radical (unpaired) electrons. The molecule has 2 aromatic rings. The highest BCUT2D eigenvalue weighted by molar-refractivity contribution is 7.80. The van der Waals surface area contributed by atoms with Crippen LogP contribution < -0.4 is 10.5 Å². The Balaban J connectivity index is 2.45. The van der Waals surface area contributed by atoms with Crippen molar-refractivity contribution in [3.63, 3.8) is 0 Å². The molecule has 0 amide bonds. The summed E-state index contributed by atoms with van der Waals surface area (Å²) >= 11 is 4.97. The van der Waals surface area contributed by atoms with Crippen LogP contribution in [0.25, 0.3) is 0 Å². The lowest BCUT2D eigenvalue weighted by molar-refractivity contribution is 0.441. The molecule has 0 bridgehead atoms. The lowest BCUT2D eigenvalue weighted by Gasteiger charge is -2.12. The van der Waals surface area contributed by atoms with Gasteiger partial charge in [0.15, 0.2) is 11.6 Å². The Bertz CT molecular complexity index is 640. The third-order valence-electron chi connectivity index (χ3n) is 2.71. The summed E-state index contributed by atoms with van der Waals surface area (Å²) in [5.74, 6) is 0.223. The summed E-state index contributed by atoms with van der Waals surface area (Å²) < 4.78 is 19.3. The molecule has 2 nitrogen and oxygen atoms in total. The van der Waals surface area contributed by atoms with Gasteiger partial charge in [-0.2, -0.15) is 0 Å². The van der Waals surface area contributed by atoms with Crippen LogP contribution >= 0.6 is 12.2 Å². The van der Waals surface area contributed by atoms with Gasteiger partial charge in [0.1, 0.15) is 10.7 Å². The molecule has 0 saturated carbocycles. The Kier molecular flexibility index (Phi) is 3.81. The number of benzene rings is 2. The number of halogens is 1. The van der Waals surface area contributed by atoms with Gasteiger partial charge in [0.25, 0.3) is 0 Å². The van der Waals surface area contributed by atoms with E-state index < -0.39 is 5.82 Å². The van der Waals surface area contributed by atoms with Gasteiger partial charge in [-0.25, -0.2) is 4.39 Å². The van der Waals surface area contributed by atoms with E-state index in [1.165, 1.54) is 6.07 Å². The average Bonchev–Trinajstić information content (AvgIpc) is 2.33. The molecule has 0 aliphatic carbocycles. The van der Waals surface area contributed by atoms with Crippen molar-refractivity contribution in [1.29, 1.82) is 0 Å². The average molecular weight is 275 g/mol. The Morgan fingerprint density at radius 2 is 1.63 bits per heavy atom. The first kappa shape index (κ1) is 13.5. The molecule has 19 heavy (non-hydrogen) atoms. The number of hydrogen-bond acceptors (Lipinski definition) is 2. The van der Waals surface area contributed by atoms with Gasteiger partial charge in [0.2, 0.25) is 0 Å². The standard InChI is InChI=1S/C15H14FNOS/c1-9-3-5-11(15(17)19)13(7-9)18-14-8-10(2)4-6-12(14)16/h3-8H,1-2H3,(H2,17,19). The summed E-state index contributed by atoms with van der Waals surface area (Å²) in [6.07, 6.45) is 0. The molecule has 0 unspecified atom stereocenters. The minimum Gasteiger partial charge on any atom is -0.454 e. The number of rotatable bonds is 3. The molecule has 2 rings (SSSR count). The van der Waals surface area contributed by atoms with Crippen LogP contribution in [0.1, 0.15) is 16.7 Å². The Morgan fingerprint density at radius 1 is 1.05 bits per heavy atom. The van der Waals surface area contributed by atoms with E-state index in [2.05, 4.69) is 0 Å². The monoisotopic (exact) mass is 275 g/mol. The fraction of sp³-hybridized carbons (Fsp3) is 0.133. The minimum atomic E-state index is -0.416. The molecule has 0 aliphatic rings. The van der Waals surface area contributed by atoms with Gasteiger partial charge in [-0.1, -0.05) is 24.4 Å². The van der Waals surface area contributed by atoms with Gasteiger partial charge >= 0.3 is 0 Å². The highest BCUT2D eigenvalue weighted by atomic mass is 32.1. The van der Waals surface area contributed by atoms with E-state index in [1.807, 2.05) is 19.9 Å². The number of aryl methyl sites for hydroxylation is 2. The van der Waals surface area contributed by atoms with Gasteiger partial charge in [0.05, 0.1) is 5.56 Å². The van der Waals surface area contributed by atoms with E-state index in [1.54, 1.807) is 24.3 Å². The number of hydrogen-bond donors (Lipinski definition) is 1. The van der Waals surface area contributed by atoms with Crippen molar-refractivity contribution in [2.45, 2.75) is 13.8 Å². The molecule has 0 heterocycles. The van der Waals surface area contributed by atoms with Crippen molar-refractivity contribution in [3.05, 3.63) is 58.9 Å². The highest BCUT2D eigenvalue weighted by Crippen LogP contribution is 2.29. The number of thiocarbonyl (C=S) groups is 1. The third kappa shape index (κ3) is 3.09. The van der Waals surface area contributed by atoms with Crippen LogP contribution in [-0.4, -0.2) is 4.99 Å². The van der Waals surface area contributed by atoms with Gasteiger partial charge in [-0.05, 0) is 49.2 Å². The zero-order chi connectivity index (χ0) is 14.0. The predicted molar refractivity (Wildman–Crippen MR) is 78.3 cm³/mol. The summed E-state index contributed by atoms with van der Waals surface area (Å²) in [5.41, 5.74) is 8.15. The van der Waals surface area contributed by atoms with E-state index in [-0.39, 0.29) is 10.7 Å². The largest absolute Gasteiger partial charge is 0.454 e. The van der Waals surface area contributed by atoms with E-state index in [0.717, 1.165) is 11.1 Å². The maximum Gasteiger partial charge on any atom is 0.165 e. The fourth-order valence-electron chi connectivity index (χ4n) is 1.72. The zero-order valence-electron chi connectivity index (χ0n) is 10.7. The molecular weight excluding hydrogens is 261 g/mol. The summed E-state index contributed by atoms with van der Waals surface area (Å²) in [4.78, 5) is 0.225. The zero-order valence-corrected chi connectivity index (χ0v) is 11.6. The molecule has 2 aromatic carbocycles. The van der Waals surface area contributed by atoms with E-state index in [4.69, 9.17) is 22.7 Å². The first-order valence-corrected chi connectivity index (χ1v) is 6.22. The van der Waals surface area contributed by atoms with Crippen LogP contribution in [-0.2, 0) is 0 Å². The van der Waals surface area contributed by atoms with E-state index in [9.17, 15) is 4.39 Å². The van der Waals surface area contributed by atoms with Crippen LogP contribution in [0.4, 0.5) is 4.39 Å². The normalized spacial score (nSPS) is 10.3. The predicted octanol–water partition coefficient (Wildman–Crippen LogP) is 3.87. The van der Waals surface area contributed by atoms with Crippen LogP contribution in [0.3, 0.4) is 0 Å². The molecule has 0 spiro atoms. The minimum absolute atomic E-state index is 0.170. The smallest absolute Gasteiger partial charge is 0.165 e. The first-order valence-electron chi connectivity index (χ1n) is 5.82. The molecule has 0 saturated heterocycles. The second-order valence-electron chi connectivity index (χ2n) is 4.40. The van der Waals surface area contributed by atoms with Crippen LogP contribution in [0.5, 0.6) is 11.5 Å². The molecule has 4 heteroatoms. The summed E-state index contributed by atoms with van der Waals surface area (Å²) in [6, 6.07) is 10.2. The summed E-state index contributed by atoms with van der Waals surface area (Å²) in [6.45, 7) is 3.79. The maximum absolute atomic E-state index is 13.7. The second-order valence-corrected chi connectivity index (χ2v) is 4.84. The van der Waals surface area contributed by atoms with Crippen molar-refractivity contribution in [2.24, 2.45) is 5.73 Å². The van der Waals surface area contributed by atoms with Crippen molar-refractivity contribution < 1.29 is 9.13 Å². The third-order valence-corrected chi connectivity index (χ3v) is 2.93. The fourth-order valence-corrected chi connectivity index (χ4v) is 1.89. The Labute approximate surface area is 117 Å². The molecule has 98 valence electrons. The van der Waals surface area contributed by atoms with Gasteiger partial charge in [-0.3, -0.25) is 0 Å². The van der Waals surface area contributed by atoms with E-state index in [0.29, 0.717) is 11.3 Å². The molecular formula is C15H14FNOS. The maximum atomic E-state index is 13.7. The quantitative estimate of drug-likeness (QED) is 0.864. The second kappa shape index (κ2) is 5.36. The molecule has 0 aliphatic heterocycles.